The highest BCUT2D eigenvalue weighted by Crippen LogP contribution is 2.31. The second kappa shape index (κ2) is 6.50. The number of aromatic nitrogens is 3. The van der Waals surface area contributed by atoms with Crippen LogP contribution in [0.2, 0.25) is 5.02 Å². The smallest absolute Gasteiger partial charge is 0.335 e. The molecule has 7 heteroatoms. The normalized spacial score (nSPS) is 10.8. The van der Waals surface area contributed by atoms with E-state index >= 15 is 0 Å². The number of carbonyl (C=O) groups is 1. The Bertz CT molecular complexity index is 1090. The topological polar surface area (TPSA) is 79.5 Å². The van der Waals surface area contributed by atoms with E-state index < -0.39 is 5.97 Å². The van der Waals surface area contributed by atoms with Crippen molar-refractivity contribution < 1.29 is 9.90 Å². The highest BCUT2D eigenvalue weighted by Gasteiger charge is 2.14. The Kier molecular flexibility index (Phi) is 4.02. The molecule has 0 spiro atoms. The van der Waals surface area contributed by atoms with Gasteiger partial charge in [-0.3, -0.25) is 9.38 Å². The summed E-state index contributed by atoms with van der Waals surface area (Å²) in [5, 5.41) is 13.0. The maximum Gasteiger partial charge on any atom is 0.335 e. The molecule has 0 unspecified atom stereocenters. The largest absolute Gasteiger partial charge is 0.478 e. The minimum absolute atomic E-state index is 0.232. The van der Waals surface area contributed by atoms with Crippen molar-refractivity contribution in [2.75, 3.05) is 5.32 Å². The molecule has 0 aliphatic rings. The molecule has 2 aromatic carbocycles. The molecule has 2 N–H and O–H groups in total. The zero-order valence-corrected chi connectivity index (χ0v) is 14.2. The average molecular weight is 365 g/mol. The third kappa shape index (κ3) is 2.98. The summed E-state index contributed by atoms with van der Waals surface area (Å²) >= 11 is 5.99. The molecule has 0 aliphatic carbocycles. The van der Waals surface area contributed by atoms with Crippen LogP contribution in [0.3, 0.4) is 0 Å². The quantitative estimate of drug-likeness (QED) is 0.557. The summed E-state index contributed by atoms with van der Waals surface area (Å²) in [6.45, 7) is 0. The summed E-state index contributed by atoms with van der Waals surface area (Å²) in [5.41, 5.74) is 3.33. The fourth-order valence-corrected chi connectivity index (χ4v) is 2.79. The van der Waals surface area contributed by atoms with Gasteiger partial charge in [0.2, 0.25) is 0 Å². The van der Waals surface area contributed by atoms with E-state index in [9.17, 15) is 4.79 Å². The van der Waals surface area contributed by atoms with Crippen molar-refractivity contribution in [2.45, 2.75) is 0 Å². The molecular formula is C19H13ClN4O2. The predicted molar refractivity (Wildman–Crippen MR) is 100 cm³/mol. The van der Waals surface area contributed by atoms with Crippen molar-refractivity contribution >= 4 is 34.7 Å². The van der Waals surface area contributed by atoms with Crippen molar-refractivity contribution in [2.24, 2.45) is 0 Å². The summed E-state index contributed by atoms with van der Waals surface area (Å²) in [4.78, 5) is 19.8. The van der Waals surface area contributed by atoms with Crippen LogP contribution in [0.5, 0.6) is 0 Å². The first kappa shape index (κ1) is 16.1. The molecular weight excluding hydrogens is 352 g/mol. The second-order valence-corrected chi connectivity index (χ2v) is 6.06. The summed E-state index contributed by atoms with van der Waals surface area (Å²) in [5.74, 6) is -0.202. The van der Waals surface area contributed by atoms with E-state index in [1.165, 1.54) is 0 Å². The Balaban J connectivity index is 1.81. The zero-order chi connectivity index (χ0) is 18.1. The summed E-state index contributed by atoms with van der Waals surface area (Å²) in [6.07, 6.45) is 5.17. The third-order valence-electron chi connectivity index (χ3n) is 3.94. The molecule has 2 heterocycles. The van der Waals surface area contributed by atoms with Crippen molar-refractivity contribution in [3.63, 3.8) is 0 Å². The number of benzene rings is 2. The van der Waals surface area contributed by atoms with Crippen LogP contribution < -0.4 is 5.32 Å². The number of nitrogens with one attached hydrogen (secondary N) is 1. The van der Waals surface area contributed by atoms with Gasteiger partial charge in [0.1, 0.15) is 11.5 Å². The molecule has 128 valence electrons. The van der Waals surface area contributed by atoms with E-state index in [4.69, 9.17) is 16.7 Å². The van der Waals surface area contributed by atoms with E-state index in [0.717, 1.165) is 22.8 Å². The lowest BCUT2D eigenvalue weighted by Gasteiger charge is -2.09. The molecule has 26 heavy (non-hydrogen) atoms. The lowest BCUT2D eigenvalue weighted by molar-refractivity contribution is 0.0697. The van der Waals surface area contributed by atoms with Crippen LogP contribution in [0.1, 0.15) is 10.4 Å². The SMILES string of the molecule is O=C(O)c1ccc(Nc2c(-c3ccc(Cl)cc3)nc3cnccn23)cc1. The van der Waals surface area contributed by atoms with Crippen LogP contribution in [0.15, 0.2) is 67.1 Å². The lowest BCUT2D eigenvalue weighted by atomic mass is 10.1. The standard InChI is InChI=1S/C19H13ClN4O2/c20-14-5-1-12(2-6-14)17-18(24-10-9-21-11-16(24)23-17)22-15-7-3-13(4-8-15)19(25)26/h1-11,22H,(H,25,26). The highest BCUT2D eigenvalue weighted by molar-refractivity contribution is 6.30. The van der Waals surface area contributed by atoms with Gasteiger partial charge in [0.25, 0.3) is 0 Å². The molecule has 0 radical (unpaired) electrons. The number of aromatic carboxylic acids is 1. The Morgan fingerprint density at radius 1 is 1.08 bits per heavy atom. The number of nitrogens with zero attached hydrogens (tertiary/aromatic N) is 3. The molecule has 2 aromatic heterocycles. The predicted octanol–water partition coefficient (Wildman–Crippen LogP) is 4.49. The minimum atomic E-state index is -0.959. The number of carboxylic acid groups (broad SMARTS) is 1. The van der Waals surface area contributed by atoms with E-state index in [2.05, 4.69) is 15.3 Å². The molecule has 4 rings (SSSR count). The summed E-state index contributed by atoms with van der Waals surface area (Å²) in [7, 11) is 0. The molecule has 0 saturated carbocycles. The molecule has 0 bridgehead atoms. The zero-order valence-electron chi connectivity index (χ0n) is 13.4. The van der Waals surface area contributed by atoms with Crippen molar-refractivity contribution in [3.05, 3.63) is 77.7 Å². The first-order chi connectivity index (χ1) is 12.6. The Morgan fingerprint density at radius 2 is 1.81 bits per heavy atom. The minimum Gasteiger partial charge on any atom is -0.478 e. The monoisotopic (exact) mass is 364 g/mol. The van der Waals surface area contributed by atoms with E-state index in [1.54, 1.807) is 36.7 Å². The maximum atomic E-state index is 11.0. The van der Waals surface area contributed by atoms with Crippen LogP contribution in [0, 0.1) is 0 Å². The van der Waals surface area contributed by atoms with Gasteiger partial charge in [-0.2, -0.15) is 0 Å². The molecule has 0 amide bonds. The number of anilines is 2. The molecule has 0 fully saturated rings. The van der Waals surface area contributed by atoms with Gasteiger partial charge >= 0.3 is 5.97 Å². The highest BCUT2D eigenvalue weighted by atomic mass is 35.5. The van der Waals surface area contributed by atoms with Crippen LogP contribution in [-0.2, 0) is 0 Å². The van der Waals surface area contributed by atoms with Crippen molar-refractivity contribution in [1.82, 2.24) is 14.4 Å². The number of hydrogen-bond acceptors (Lipinski definition) is 4. The van der Waals surface area contributed by atoms with Gasteiger partial charge in [0.05, 0.1) is 11.8 Å². The van der Waals surface area contributed by atoms with Crippen LogP contribution in [-0.4, -0.2) is 25.4 Å². The van der Waals surface area contributed by atoms with E-state index in [-0.39, 0.29) is 5.56 Å². The van der Waals surface area contributed by atoms with Crippen molar-refractivity contribution in [3.8, 4) is 11.3 Å². The maximum absolute atomic E-state index is 11.0. The van der Waals surface area contributed by atoms with Crippen LogP contribution in [0.4, 0.5) is 11.5 Å². The van der Waals surface area contributed by atoms with Gasteiger partial charge in [0, 0.05) is 28.7 Å². The number of halogens is 1. The van der Waals surface area contributed by atoms with Crippen LogP contribution >= 0.6 is 11.6 Å². The first-order valence-electron chi connectivity index (χ1n) is 7.80. The van der Waals surface area contributed by atoms with Gasteiger partial charge in [-0.1, -0.05) is 23.7 Å². The lowest BCUT2D eigenvalue weighted by Crippen LogP contribution is -1.99. The molecule has 0 aliphatic heterocycles. The number of carboxylic acids is 1. The molecule has 0 atom stereocenters. The number of imidazole rings is 1. The van der Waals surface area contributed by atoms with Gasteiger partial charge in [-0.25, -0.2) is 9.78 Å². The Morgan fingerprint density at radius 3 is 2.50 bits per heavy atom. The van der Waals surface area contributed by atoms with Crippen LogP contribution in [0.25, 0.3) is 16.9 Å². The van der Waals surface area contributed by atoms with Gasteiger partial charge in [0.15, 0.2) is 5.65 Å². The van der Waals surface area contributed by atoms with Gasteiger partial charge in [-0.05, 0) is 36.4 Å². The van der Waals surface area contributed by atoms with E-state index in [1.807, 2.05) is 34.9 Å². The average Bonchev–Trinajstić information content (AvgIpc) is 3.01. The Hall–Kier alpha value is -3.38. The third-order valence-corrected chi connectivity index (χ3v) is 4.19. The van der Waals surface area contributed by atoms with Gasteiger partial charge in [-0.15, -0.1) is 0 Å². The number of rotatable bonds is 4. The second-order valence-electron chi connectivity index (χ2n) is 5.63. The number of hydrogen-bond donors (Lipinski definition) is 2. The summed E-state index contributed by atoms with van der Waals surface area (Å²) < 4.78 is 1.89. The van der Waals surface area contributed by atoms with E-state index in [0.29, 0.717) is 10.7 Å². The fourth-order valence-electron chi connectivity index (χ4n) is 2.67. The van der Waals surface area contributed by atoms with Gasteiger partial charge < -0.3 is 10.4 Å². The molecule has 0 saturated heterocycles. The molecule has 4 aromatic rings. The number of fused-ring (bicyclic) bond motifs is 1. The Labute approximate surface area is 153 Å². The summed E-state index contributed by atoms with van der Waals surface area (Å²) in [6, 6.07) is 14.0. The first-order valence-corrected chi connectivity index (χ1v) is 8.18. The molecule has 6 nitrogen and oxygen atoms in total. The van der Waals surface area contributed by atoms with Crippen molar-refractivity contribution in [1.29, 1.82) is 0 Å². The fraction of sp³-hybridized carbons (Fsp3) is 0.